The van der Waals surface area contributed by atoms with Crippen molar-refractivity contribution in [3.05, 3.63) is 29.6 Å². The van der Waals surface area contributed by atoms with Crippen LogP contribution >= 0.6 is 0 Å². The Labute approximate surface area is 98.4 Å². The minimum absolute atomic E-state index is 0.0620. The van der Waals surface area contributed by atoms with E-state index < -0.39 is 6.04 Å². The lowest BCUT2D eigenvalue weighted by atomic mass is 10.1. The maximum Gasteiger partial charge on any atom is 0.249 e. The number of hydrogen-bond acceptors (Lipinski definition) is 2. The van der Waals surface area contributed by atoms with Gasteiger partial charge in [-0.05, 0) is 26.0 Å². The summed E-state index contributed by atoms with van der Waals surface area (Å²) >= 11 is 0. The molecule has 0 aromatic heterocycles. The van der Waals surface area contributed by atoms with Gasteiger partial charge in [0.05, 0.1) is 5.69 Å². The summed E-state index contributed by atoms with van der Waals surface area (Å²) < 4.78 is 13.4. The number of nitrogens with zero attached hydrogens (tertiary/aromatic N) is 1. The number of carbonyl (C=O) groups excluding carboxylic acids is 2. The maximum atomic E-state index is 13.4. The average molecular weight is 236 g/mol. The molecule has 1 saturated heterocycles. The van der Waals surface area contributed by atoms with E-state index in [4.69, 9.17) is 0 Å². The summed E-state index contributed by atoms with van der Waals surface area (Å²) in [6.45, 7) is 3.14. The normalized spacial score (nSPS) is 20.4. The van der Waals surface area contributed by atoms with Gasteiger partial charge < -0.3 is 10.2 Å². The predicted molar refractivity (Wildman–Crippen MR) is 61.1 cm³/mol. The van der Waals surface area contributed by atoms with Gasteiger partial charge in [-0.2, -0.15) is 0 Å². The minimum Gasteiger partial charge on any atom is -0.343 e. The minimum atomic E-state index is -0.570. The number of amides is 2. The number of halogens is 1. The van der Waals surface area contributed by atoms with E-state index in [0.29, 0.717) is 11.3 Å². The summed E-state index contributed by atoms with van der Waals surface area (Å²) in [5.74, 6) is -0.840. The van der Waals surface area contributed by atoms with Gasteiger partial charge in [-0.25, -0.2) is 4.39 Å². The molecule has 0 bridgehead atoms. The second-order valence-electron chi connectivity index (χ2n) is 4.10. The third-order valence-corrected chi connectivity index (χ3v) is 2.85. The highest BCUT2D eigenvalue weighted by atomic mass is 19.1. The van der Waals surface area contributed by atoms with Crippen LogP contribution in [0.1, 0.15) is 12.5 Å². The monoisotopic (exact) mass is 236 g/mol. The SMILES string of the molecule is Cc1c(F)cccc1N1CC(=O)NC(C)C1=O. The summed E-state index contributed by atoms with van der Waals surface area (Å²) in [6, 6.07) is 3.93. The lowest BCUT2D eigenvalue weighted by Crippen LogP contribution is -2.57. The summed E-state index contributed by atoms with van der Waals surface area (Å²) in [4.78, 5) is 24.6. The van der Waals surface area contributed by atoms with Crippen molar-refractivity contribution in [1.82, 2.24) is 5.32 Å². The van der Waals surface area contributed by atoms with Crippen LogP contribution in [0, 0.1) is 12.7 Å². The topological polar surface area (TPSA) is 49.4 Å². The standard InChI is InChI=1S/C12H13FN2O2/c1-7-9(13)4-3-5-10(7)15-6-11(16)14-8(2)12(15)17/h3-5,8H,6H2,1-2H3,(H,14,16). The van der Waals surface area contributed by atoms with Crippen LogP contribution in [0.5, 0.6) is 0 Å². The number of hydrogen-bond donors (Lipinski definition) is 1. The van der Waals surface area contributed by atoms with Gasteiger partial charge in [0, 0.05) is 5.56 Å². The van der Waals surface area contributed by atoms with E-state index in [9.17, 15) is 14.0 Å². The van der Waals surface area contributed by atoms with Gasteiger partial charge >= 0.3 is 0 Å². The van der Waals surface area contributed by atoms with Gasteiger partial charge in [0.2, 0.25) is 11.8 Å². The Morgan fingerprint density at radius 2 is 2.12 bits per heavy atom. The van der Waals surface area contributed by atoms with Crippen molar-refractivity contribution in [3.63, 3.8) is 0 Å². The fraction of sp³-hybridized carbons (Fsp3) is 0.333. The zero-order valence-corrected chi connectivity index (χ0v) is 9.66. The molecule has 1 aromatic carbocycles. The van der Waals surface area contributed by atoms with Crippen molar-refractivity contribution in [1.29, 1.82) is 0 Å². The van der Waals surface area contributed by atoms with Gasteiger partial charge in [-0.1, -0.05) is 6.07 Å². The van der Waals surface area contributed by atoms with Gasteiger partial charge in [0.25, 0.3) is 0 Å². The van der Waals surface area contributed by atoms with E-state index in [2.05, 4.69) is 5.32 Å². The third kappa shape index (κ3) is 2.00. The Morgan fingerprint density at radius 1 is 1.41 bits per heavy atom. The van der Waals surface area contributed by atoms with E-state index in [1.807, 2.05) is 0 Å². The summed E-state index contributed by atoms with van der Waals surface area (Å²) in [7, 11) is 0. The third-order valence-electron chi connectivity index (χ3n) is 2.85. The molecule has 0 radical (unpaired) electrons. The van der Waals surface area contributed by atoms with Crippen molar-refractivity contribution in [2.75, 3.05) is 11.4 Å². The average Bonchev–Trinajstić information content (AvgIpc) is 2.27. The van der Waals surface area contributed by atoms with Crippen molar-refractivity contribution in [2.24, 2.45) is 0 Å². The molecule has 0 saturated carbocycles. The summed E-state index contributed by atoms with van der Waals surface area (Å²) in [6.07, 6.45) is 0. The van der Waals surface area contributed by atoms with Crippen LogP contribution in [0.3, 0.4) is 0 Å². The van der Waals surface area contributed by atoms with Gasteiger partial charge in [0.1, 0.15) is 18.4 Å². The molecular weight excluding hydrogens is 223 g/mol. The number of rotatable bonds is 1. The fourth-order valence-electron chi connectivity index (χ4n) is 1.90. The second-order valence-corrected chi connectivity index (χ2v) is 4.10. The van der Waals surface area contributed by atoms with Crippen molar-refractivity contribution >= 4 is 17.5 Å². The van der Waals surface area contributed by atoms with E-state index in [1.54, 1.807) is 19.9 Å². The smallest absolute Gasteiger partial charge is 0.249 e. The first kappa shape index (κ1) is 11.6. The lowest BCUT2D eigenvalue weighted by molar-refractivity contribution is -0.130. The number of nitrogens with one attached hydrogen (secondary N) is 1. The van der Waals surface area contributed by atoms with E-state index in [1.165, 1.54) is 17.0 Å². The molecule has 17 heavy (non-hydrogen) atoms. The highest BCUT2D eigenvalue weighted by molar-refractivity contribution is 6.06. The molecule has 1 heterocycles. The molecule has 1 N–H and O–H groups in total. The molecule has 1 aliphatic heterocycles. The van der Waals surface area contributed by atoms with Crippen LogP contribution in [0.2, 0.25) is 0 Å². The van der Waals surface area contributed by atoms with Crippen molar-refractivity contribution < 1.29 is 14.0 Å². The van der Waals surface area contributed by atoms with E-state index in [-0.39, 0.29) is 24.2 Å². The molecule has 1 unspecified atom stereocenters. The Morgan fingerprint density at radius 3 is 2.82 bits per heavy atom. The van der Waals surface area contributed by atoms with E-state index >= 15 is 0 Å². The summed E-state index contributed by atoms with van der Waals surface area (Å²) in [5, 5.41) is 2.54. The Balaban J connectivity index is 2.41. The number of piperazine rings is 1. The number of anilines is 1. The van der Waals surface area contributed by atoms with Crippen LogP contribution in [0.25, 0.3) is 0 Å². The molecule has 1 atom stereocenters. The molecule has 2 rings (SSSR count). The predicted octanol–water partition coefficient (Wildman–Crippen LogP) is 0.985. The quantitative estimate of drug-likeness (QED) is 0.790. The van der Waals surface area contributed by atoms with Crippen LogP contribution in [-0.4, -0.2) is 24.4 Å². The first-order valence-electron chi connectivity index (χ1n) is 5.36. The number of carbonyl (C=O) groups is 2. The zero-order chi connectivity index (χ0) is 12.6. The van der Waals surface area contributed by atoms with Crippen molar-refractivity contribution in [2.45, 2.75) is 19.9 Å². The molecule has 90 valence electrons. The lowest BCUT2D eigenvalue weighted by Gasteiger charge is -2.31. The highest BCUT2D eigenvalue weighted by Gasteiger charge is 2.31. The second kappa shape index (κ2) is 4.16. The molecule has 1 fully saturated rings. The molecule has 0 aliphatic carbocycles. The van der Waals surface area contributed by atoms with Crippen molar-refractivity contribution in [3.8, 4) is 0 Å². The molecule has 1 aliphatic rings. The maximum absolute atomic E-state index is 13.4. The van der Waals surface area contributed by atoms with Crippen LogP contribution in [0.15, 0.2) is 18.2 Å². The molecule has 2 amide bonds. The fourth-order valence-corrected chi connectivity index (χ4v) is 1.90. The van der Waals surface area contributed by atoms with Crippen LogP contribution in [0.4, 0.5) is 10.1 Å². The van der Waals surface area contributed by atoms with Crippen LogP contribution in [-0.2, 0) is 9.59 Å². The Hall–Kier alpha value is -1.91. The van der Waals surface area contributed by atoms with E-state index in [0.717, 1.165) is 0 Å². The Kier molecular flexibility index (Phi) is 2.83. The molecule has 5 heteroatoms. The molecule has 0 spiro atoms. The number of benzene rings is 1. The molecule has 4 nitrogen and oxygen atoms in total. The molecular formula is C12H13FN2O2. The zero-order valence-electron chi connectivity index (χ0n) is 9.66. The van der Waals surface area contributed by atoms with Gasteiger partial charge in [-0.15, -0.1) is 0 Å². The van der Waals surface area contributed by atoms with Crippen LogP contribution < -0.4 is 10.2 Å². The van der Waals surface area contributed by atoms with Gasteiger partial charge in [-0.3, -0.25) is 9.59 Å². The first-order valence-corrected chi connectivity index (χ1v) is 5.36. The summed E-state index contributed by atoms with van der Waals surface area (Å²) in [5.41, 5.74) is 0.833. The van der Waals surface area contributed by atoms with Gasteiger partial charge in [0.15, 0.2) is 0 Å². The first-order chi connectivity index (χ1) is 8.00. The highest BCUT2D eigenvalue weighted by Crippen LogP contribution is 2.23. The molecule has 1 aromatic rings. The largest absolute Gasteiger partial charge is 0.343 e. The Bertz CT molecular complexity index is 487.